The van der Waals surface area contributed by atoms with Crippen LogP contribution in [0.25, 0.3) is 0 Å². The van der Waals surface area contributed by atoms with Crippen molar-refractivity contribution in [2.24, 2.45) is 46.3 Å². The first-order valence-electron chi connectivity index (χ1n) is 14.9. The second-order valence-electron chi connectivity index (χ2n) is 13.9. The Morgan fingerprint density at radius 3 is 2.68 bits per heavy atom. The zero-order chi connectivity index (χ0) is 26.8. The molecule has 6 nitrogen and oxygen atoms in total. The maximum Gasteiger partial charge on any atom is 0.302 e. The first kappa shape index (κ1) is 27.2. The highest BCUT2D eigenvalue weighted by Crippen LogP contribution is 2.70. The summed E-state index contributed by atoms with van der Waals surface area (Å²) >= 11 is 0. The molecule has 0 aromatic carbocycles. The minimum Gasteiger partial charge on any atom is -0.462 e. The molecule has 3 saturated carbocycles. The largest absolute Gasteiger partial charge is 0.462 e. The van der Waals surface area contributed by atoms with Gasteiger partial charge >= 0.3 is 5.97 Å². The third kappa shape index (κ3) is 4.58. The molecular formula is C31H49NO5. The number of aliphatic hydroxyl groups is 1. The molecule has 6 heteroatoms. The third-order valence-corrected chi connectivity index (χ3v) is 11.8. The molecule has 4 fully saturated rings. The van der Waals surface area contributed by atoms with E-state index in [4.69, 9.17) is 9.47 Å². The van der Waals surface area contributed by atoms with Crippen molar-refractivity contribution in [2.75, 3.05) is 6.54 Å². The number of hydrogen-bond acceptors (Lipinski definition) is 5. The van der Waals surface area contributed by atoms with Crippen molar-refractivity contribution < 1.29 is 24.2 Å². The molecule has 0 aromatic heterocycles. The number of nitrogens with one attached hydrogen (secondary N) is 1. The molecule has 1 saturated heterocycles. The maximum absolute atomic E-state index is 11.7. The average molecular weight is 516 g/mol. The summed E-state index contributed by atoms with van der Waals surface area (Å²) in [6.45, 7) is 13.1. The van der Waals surface area contributed by atoms with Crippen LogP contribution >= 0.6 is 0 Å². The normalized spacial score (nSPS) is 47.1. The number of carbonyl (C=O) groups excluding carboxylic acids is 2. The van der Waals surface area contributed by atoms with Gasteiger partial charge in [0.1, 0.15) is 6.10 Å². The number of amides is 1. The summed E-state index contributed by atoms with van der Waals surface area (Å²) in [5, 5.41) is 14.6. The van der Waals surface area contributed by atoms with Crippen LogP contribution in [0.3, 0.4) is 0 Å². The Morgan fingerprint density at radius 1 is 1.22 bits per heavy atom. The van der Waals surface area contributed by atoms with E-state index >= 15 is 0 Å². The van der Waals surface area contributed by atoms with E-state index in [0.29, 0.717) is 42.6 Å². The summed E-state index contributed by atoms with van der Waals surface area (Å²) in [6, 6.07) is 0. The van der Waals surface area contributed by atoms with E-state index in [1.807, 2.05) is 0 Å². The molecule has 11 atom stereocenters. The molecule has 37 heavy (non-hydrogen) atoms. The van der Waals surface area contributed by atoms with E-state index in [0.717, 1.165) is 38.5 Å². The summed E-state index contributed by atoms with van der Waals surface area (Å²) in [5.41, 5.74) is 1.95. The van der Waals surface area contributed by atoms with E-state index in [2.05, 4.69) is 39.1 Å². The fraction of sp³-hybridized carbons (Fsp3) is 0.871. The molecule has 208 valence electrons. The molecule has 1 aliphatic heterocycles. The van der Waals surface area contributed by atoms with Crippen LogP contribution in [0.2, 0.25) is 0 Å². The molecule has 4 aliphatic carbocycles. The van der Waals surface area contributed by atoms with Crippen LogP contribution in [0.15, 0.2) is 11.6 Å². The number of esters is 1. The summed E-state index contributed by atoms with van der Waals surface area (Å²) in [6.07, 6.45) is 11.8. The Bertz CT molecular complexity index is 948. The molecule has 0 bridgehead atoms. The van der Waals surface area contributed by atoms with Crippen molar-refractivity contribution in [3.63, 3.8) is 0 Å². The molecule has 0 unspecified atom stereocenters. The van der Waals surface area contributed by atoms with Gasteiger partial charge < -0.3 is 19.9 Å². The lowest BCUT2D eigenvalue weighted by atomic mass is 9.47. The van der Waals surface area contributed by atoms with Gasteiger partial charge in [0, 0.05) is 39.2 Å². The van der Waals surface area contributed by atoms with Gasteiger partial charge in [0.05, 0.1) is 6.10 Å². The number of allylic oxidation sites excluding steroid dienone is 1. The lowest BCUT2D eigenvalue weighted by Gasteiger charge is -2.58. The van der Waals surface area contributed by atoms with E-state index in [1.54, 1.807) is 6.92 Å². The van der Waals surface area contributed by atoms with Gasteiger partial charge in [-0.3, -0.25) is 9.59 Å². The molecule has 1 heterocycles. The lowest BCUT2D eigenvalue weighted by Crippen LogP contribution is -2.52. The van der Waals surface area contributed by atoms with Crippen LogP contribution in [0.5, 0.6) is 0 Å². The van der Waals surface area contributed by atoms with Crippen molar-refractivity contribution in [1.82, 2.24) is 5.32 Å². The molecule has 0 radical (unpaired) electrons. The Morgan fingerprint density at radius 2 is 1.97 bits per heavy atom. The minimum absolute atomic E-state index is 0.00359. The van der Waals surface area contributed by atoms with Gasteiger partial charge in [0.15, 0.2) is 5.79 Å². The molecular weight excluding hydrogens is 466 g/mol. The fourth-order valence-electron chi connectivity index (χ4n) is 9.81. The van der Waals surface area contributed by atoms with Crippen molar-refractivity contribution in [1.29, 1.82) is 0 Å². The topological polar surface area (TPSA) is 84.9 Å². The molecule has 5 rings (SSSR count). The quantitative estimate of drug-likeness (QED) is 0.366. The number of hydrogen-bond donors (Lipinski definition) is 2. The monoisotopic (exact) mass is 515 g/mol. The van der Waals surface area contributed by atoms with Gasteiger partial charge in [-0.1, -0.05) is 39.3 Å². The molecule has 0 aromatic rings. The van der Waals surface area contributed by atoms with Crippen molar-refractivity contribution >= 4 is 11.9 Å². The van der Waals surface area contributed by atoms with E-state index in [9.17, 15) is 14.7 Å². The smallest absolute Gasteiger partial charge is 0.302 e. The molecule has 2 N–H and O–H groups in total. The lowest BCUT2D eigenvalue weighted by molar-refractivity contribution is -0.220. The second kappa shape index (κ2) is 9.66. The van der Waals surface area contributed by atoms with Crippen molar-refractivity contribution in [3.05, 3.63) is 11.6 Å². The van der Waals surface area contributed by atoms with Gasteiger partial charge in [-0.05, 0) is 85.4 Å². The van der Waals surface area contributed by atoms with Crippen molar-refractivity contribution in [2.45, 2.75) is 117 Å². The summed E-state index contributed by atoms with van der Waals surface area (Å²) in [7, 11) is 0. The van der Waals surface area contributed by atoms with Gasteiger partial charge in [-0.25, -0.2) is 0 Å². The van der Waals surface area contributed by atoms with Crippen LogP contribution in [0.1, 0.15) is 99.3 Å². The van der Waals surface area contributed by atoms with Crippen LogP contribution in [0.4, 0.5) is 0 Å². The SMILES string of the molecule is CC(=O)NC[C@H](C)CC[C@@]1(O)O[C@@H]2C[C@@H]3[C@@H]4CC=C5C[C@@H](OC(C)=O)CC[C@]5(C)[C@H]4CC[C@]3(C)[C@H]2[C@@H]1C. The van der Waals surface area contributed by atoms with Crippen LogP contribution in [-0.4, -0.2) is 41.5 Å². The van der Waals surface area contributed by atoms with E-state index < -0.39 is 5.79 Å². The van der Waals surface area contributed by atoms with Crippen LogP contribution < -0.4 is 5.32 Å². The number of fused-ring (bicyclic) bond motifs is 7. The van der Waals surface area contributed by atoms with E-state index in [1.165, 1.54) is 25.3 Å². The minimum atomic E-state index is -1.06. The zero-order valence-corrected chi connectivity index (χ0v) is 23.8. The Balaban J connectivity index is 1.28. The van der Waals surface area contributed by atoms with Gasteiger partial charge in [0.25, 0.3) is 0 Å². The fourth-order valence-corrected chi connectivity index (χ4v) is 9.81. The highest BCUT2D eigenvalue weighted by atomic mass is 16.6. The molecule has 0 spiro atoms. The molecule has 5 aliphatic rings. The highest BCUT2D eigenvalue weighted by Gasteiger charge is 2.67. The first-order chi connectivity index (χ1) is 17.4. The van der Waals surface area contributed by atoms with Crippen LogP contribution in [-0.2, 0) is 19.1 Å². The Hall–Kier alpha value is -1.40. The zero-order valence-electron chi connectivity index (χ0n) is 23.8. The molecule has 1 amide bonds. The second-order valence-corrected chi connectivity index (χ2v) is 13.9. The predicted molar refractivity (Wildman–Crippen MR) is 142 cm³/mol. The standard InChI is InChI=1S/C31H49NO5/c1-18(17-32-20(3)33)9-14-31(35)19(2)28-27(37-31)16-26-24-8-7-22-15-23(36-21(4)34)10-12-29(22,5)25(24)11-13-30(26,28)6/h7,18-19,23-28,35H,8-17H2,1-6H3,(H,32,33)/t18-,19+,23+,24-,25+,26-,27-,28+,29+,30+,31-/m1/s1. The Kier molecular flexibility index (Phi) is 7.09. The summed E-state index contributed by atoms with van der Waals surface area (Å²) < 4.78 is 12.2. The highest BCUT2D eigenvalue weighted by molar-refractivity contribution is 5.72. The number of ether oxygens (including phenoxy) is 2. The van der Waals surface area contributed by atoms with Crippen LogP contribution in [0, 0.1) is 46.3 Å². The summed E-state index contributed by atoms with van der Waals surface area (Å²) in [5.74, 6) is 1.58. The van der Waals surface area contributed by atoms with Gasteiger partial charge in [-0.2, -0.15) is 0 Å². The average Bonchev–Trinajstić information content (AvgIpc) is 3.26. The third-order valence-electron chi connectivity index (χ3n) is 11.8. The van der Waals surface area contributed by atoms with Gasteiger partial charge in [-0.15, -0.1) is 0 Å². The number of rotatable bonds is 6. The van der Waals surface area contributed by atoms with E-state index in [-0.39, 0.29) is 40.8 Å². The summed E-state index contributed by atoms with van der Waals surface area (Å²) in [4.78, 5) is 22.8. The Labute approximate surface area is 223 Å². The van der Waals surface area contributed by atoms with Crippen molar-refractivity contribution in [3.8, 4) is 0 Å². The number of carbonyl (C=O) groups is 2. The van der Waals surface area contributed by atoms with Gasteiger partial charge in [0.2, 0.25) is 5.91 Å². The predicted octanol–water partition coefficient (Wildman–Crippen LogP) is 5.38. The first-order valence-corrected chi connectivity index (χ1v) is 14.9. The maximum atomic E-state index is 11.7.